The van der Waals surface area contributed by atoms with Crippen molar-refractivity contribution in [3.05, 3.63) is 23.8 Å². The van der Waals surface area contributed by atoms with E-state index < -0.39 is 5.60 Å². The van der Waals surface area contributed by atoms with Gasteiger partial charge < -0.3 is 25.8 Å². The van der Waals surface area contributed by atoms with Crippen LogP contribution in [0.3, 0.4) is 0 Å². The molecule has 156 valence electrons. The van der Waals surface area contributed by atoms with Gasteiger partial charge in [0, 0.05) is 19.1 Å². The Morgan fingerprint density at radius 1 is 1.14 bits per heavy atom. The molecule has 1 aromatic rings. The summed E-state index contributed by atoms with van der Waals surface area (Å²) in [5.74, 6) is 0.417. The molecule has 2 aliphatic rings. The van der Waals surface area contributed by atoms with Gasteiger partial charge in [0.25, 0.3) is 0 Å². The zero-order chi connectivity index (χ0) is 20.3. The lowest BCUT2D eigenvalue weighted by molar-refractivity contribution is 0.0205. The molecule has 1 aliphatic carbocycles. The molecule has 1 saturated heterocycles. The van der Waals surface area contributed by atoms with Gasteiger partial charge in [-0.25, -0.2) is 4.79 Å². The molecule has 0 unspecified atom stereocenters. The van der Waals surface area contributed by atoms with Gasteiger partial charge in [0.05, 0.1) is 17.5 Å². The Morgan fingerprint density at radius 2 is 1.79 bits per heavy atom. The normalized spacial score (nSPS) is 24.1. The third-order valence-electron chi connectivity index (χ3n) is 5.75. The Hall–Kier alpha value is -1.95. The second-order valence-corrected chi connectivity index (χ2v) is 9.24. The number of piperidine rings is 1. The van der Waals surface area contributed by atoms with Gasteiger partial charge in [-0.2, -0.15) is 0 Å². The van der Waals surface area contributed by atoms with Crippen molar-refractivity contribution in [2.24, 2.45) is 0 Å². The van der Waals surface area contributed by atoms with Crippen LogP contribution >= 0.6 is 0 Å². The number of ether oxygens (including phenoxy) is 1. The fourth-order valence-electron chi connectivity index (χ4n) is 4.13. The molecular weight excluding hydrogens is 354 g/mol. The van der Waals surface area contributed by atoms with Gasteiger partial charge in [-0.1, -0.05) is 6.07 Å². The van der Waals surface area contributed by atoms with Gasteiger partial charge in [0.15, 0.2) is 0 Å². The van der Waals surface area contributed by atoms with Crippen molar-refractivity contribution in [1.82, 2.24) is 4.90 Å². The lowest BCUT2D eigenvalue weighted by atomic mass is 9.89. The first-order valence-corrected chi connectivity index (χ1v) is 10.5. The highest BCUT2D eigenvalue weighted by Crippen LogP contribution is 2.33. The highest BCUT2D eigenvalue weighted by Gasteiger charge is 2.28. The number of carbonyl (C=O) groups is 1. The summed E-state index contributed by atoms with van der Waals surface area (Å²) < 4.78 is 5.47. The predicted molar refractivity (Wildman–Crippen MR) is 113 cm³/mol. The number of nitrogen functional groups attached to an aromatic ring is 1. The molecule has 1 aromatic carbocycles. The van der Waals surface area contributed by atoms with Crippen LogP contribution in [0.4, 0.5) is 16.2 Å². The second kappa shape index (κ2) is 8.60. The summed E-state index contributed by atoms with van der Waals surface area (Å²) >= 11 is 0. The average Bonchev–Trinajstić information content (AvgIpc) is 2.64. The maximum absolute atomic E-state index is 12.2. The Kier molecular flexibility index (Phi) is 6.38. The van der Waals surface area contributed by atoms with Crippen LogP contribution < -0.4 is 11.1 Å². The number of nitrogens with two attached hydrogens (primary N) is 1. The largest absolute Gasteiger partial charge is 0.444 e. The average molecular weight is 390 g/mol. The van der Waals surface area contributed by atoms with Gasteiger partial charge >= 0.3 is 6.09 Å². The summed E-state index contributed by atoms with van der Waals surface area (Å²) in [7, 11) is 0. The molecule has 0 radical (unpaired) electrons. The molecule has 2 fully saturated rings. The highest BCUT2D eigenvalue weighted by atomic mass is 16.6. The lowest BCUT2D eigenvalue weighted by Crippen LogP contribution is -2.41. The number of nitrogens with one attached hydrogen (secondary N) is 1. The Balaban J connectivity index is 1.54. The zero-order valence-electron chi connectivity index (χ0n) is 17.4. The third kappa shape index (κ3) is 5.53. The van der Waals surface area contributed by atoms with Crippen LogP contribution in [-0.2, 0) is 4.74 Å². The maximum Gasteiger partial charge on any atom is 0.410 e. The van der Waals surface area contributed by atoms with Gasteiger partial charge in [-0.15, -0.1) is 0 Å². The summed E-state index contributed by atoms with van der Waals surface area (Å²) in [6, 6.07) is 6.70. The van der Waals surface area contributed by atoms with Crippen LogP contribution in [0.1, 0.15) is 70.8 Å². The molecule has 1 aliphatic heterocycles. The third-order valence-corrected chi connectivity index (χ3v) is 5.75. The molecule has 1 amide bonds. The summed E-state index contributed by atoms with van der Waals surface area (Å²) in [6.45, 7) is 7.11. The van der Waals surface area contributed by atoms with Gasteiger partial charge in [-0.05, 0) is 82.9 Å². The fraction of sp³-hybridized carbons (Fsp3) is 0.682. The number of hydrogen-bond acceptors (Lipinski definition) is 5. The molecule has 0 bridgehead atoms. The van der Waals surface area contributed by atoms with Crippen LogP contribution in [0.15, 0.2) is 18.2 Å². The number of rotatable bonds is 3. The van der Waals surface area contributed by atoms with E-state index in [0.29, 0.717) is 25.0 Å². The first kappa shape index (κ1) is 20.8. The van der Waals surface area contributed by atoms with E-state index in [4.69, 9.17) is 10.5 Å². The van der Waals surface area contributed by atoms with E-state index in [0.717, 1.165) is 49.9 Å². The SMILES string of the molecule is CC(C)(C)OC(=O)N1CCC(c2ccc(NC3CCC(O)CC3)c(N)c2)CC1. The van der Waals surface area contributed by atoms with Gasteiger partial charge in [0.2, 0.25) is 0 Å². The number of benzene rings is 1. The van der Waals surface area contributed by atoms with Crippen LogP contribution in [0.2, 0.25) is 0 Å². The molecular formula is C22H35N3O3. The van der Waals surface area contributed by atoms with Gasteiger partial charge in [-0.3, -0.25) is 0 Å². The minimum Gasteiger partial charge on any atom is -0.444 e. The molecule has 6 heteroatoms. The Labute approximate surface area is 168 Å². The molecule has 0 spiro atoms. The maximum atomic E-state index is 12.2. The van der Waals surface area contributed by atoms with Crippen molar-refractivity contribution < 1.29 is 14.6 Å². The van der Waals surface area contributed by atoms with Gasteiger partial charge in [0.1, 0.15) is 5.60 Å². The lowest BCUT2D eigenvalue weighted by Gasteiger charge is -2.34. The Bertz CT molecular complexity index is 670. The molecule has 0 atom stereocenters. The number of aliphatic hydroxyl groups excluding tert-OH is 1. The molecule has 6 nitrogen and oxygen atoms in total. The quantitative estimate of drug-likeness (QED) is 0.678. The zero-order valence-corrected chi connectivity index (χ0v) is 17.4. The van der Waals surface area contributed by atoms with Crippen molar-refractivity contribution in [3.63, 3.8) is 0 Å². The van der Waals surface area contributed by atoms with E-state index >= 15 is 0 Å². The van der Waals surface area contributed by atoms with E-state index in [2.05, 4.69) is 23.5 Å². The van der Waals surface area contributed by atoms with E-state index in [1.165, 1.54) is 5.56 Å². The van der Waals surface area contributed by atoms with Crippen LogP contribution in [0.5, 0.6) is 0 Å². The monoisotopic (exact) mass is 389 g/mol. The van der Waals surface area contributed by atoms with E-state index in [1.807, 2.05) is 20.8 Å². The number of anilines is 2. The minimum atomic E-state index is -0.457. The molecule has 28 heavy (non-hydrogen) atoms. The number of likely N-dealkylation sites (tertiary alicyclic amines) is 1. The second-order valence-electron chi connectivity index (χ2n) is 9.24. The van der Waals surface area contributed by atoms with Crippen molar-refractivity contribution in [2.45, 2.75) is 83.0 Å². The number of hydrogen-bond donors (Lipinski definition) is 3. The minimum absolute atomic E-state index is 0.149. The highest BCUT2D eigenvalue weighted by molar-refractivity contribution is 5.69. The molecule has 1 saturated carbocycles. The van der Waals surface area contributed by atoms with Crippen molar-refractivity contribution in [1.29, 1.82) is 0 Å². The summed E-state index contributed by atoms with van der Waals surface area (Å²) in [4.78, 5) is 14.0. The van der Waals surface area contributed by atoms with Crippen molar-refractivity contribution >= 4 is 17.5 Å². The molecule has 4 N–H and O–H groups in total. The fourth-order valence-corrected chi connectivity index (χ4v) is 4.13. The van der Waals surface area contributed by atoms with Crippen LogP contribution in [0.25, 0.3) is 0 Å². The Morgan fingerprint density at radius 3 is 2.36 bits per heavy atom. The molecule has 1 heterocycles. The summed E-state index contributed by atoms with van der Waals surface area (Å²) in [5.41, 5.74) is 8.86. The van der Waals surface area contributed by atoms with E-state index in [9.17, 15) is 9.90 Å². The first-order chi connectivity index (χ1) is 13.2. The van der Waals surface area contributed by atoms with Crippen LogP contribution in [0, 0.1) is 0 Å². The smallest absolute Gasteiger partial charge is 0.410 e. The van der Waals surface area contributed by atoms with E-state index in [1.54, 1.807) is 4.90 Å². The summed E-state index contributed by atoms with van der Waals surface area (Å²) in [5, 5.41) is 13.2. The molecule has 3 rings (SSSR count). The topological polar surface area (TPSA) is 87.8 Å². The standard InChI is InChI=1S/C22H35N3O3/c1-22(2,3)28-21(27)25-12-10-15(11-13-25)16-4-9-20(19(23)14-16)24-17-5-7-18(26)8-6-17/h4,9,14-15,17-18,24,26H,5-8,10-13,23H2,1-3H3. The number of amides is 1. The number of carbonyl (C=O) groups excluding carboxylic acids is 1. The number of nitrogens with zero attached hydrogens (tertiary/aromatic N) is 1. The van der Waals surface area contributed by atoms with Crippen LogP contribution in [-0.4, -0.2) is 46.9 Å². The first-order valence-electron chi connectivity index (χ1n) is 10.5. The number of aliphatic hydroxyl groups is 1. The summed E-state index contributed by atoms with van der Waals surface area (Å²) in [6.07, 6.45) is 5.14. The van der Waals surface area contributed by atoms with Crippen molar-refractivity contribution in [3.8, 4) is 0 Å². The molecule has 0 aromatic heterocycles. The van der Waals surface area contributed by atoms with Crippen molar-refractivity contribution in [2.75, 3.05) is 24.1 Å². The van der Waals surface area contributed by atoms with E-state index in [-0.39, 0.29) is 12.2 Å². The predicted octanol–water partition coefficient (Wildman–Crippen LogP) is 4.10.